The van der Waals surface area contributed by atoms with Crippen molar-refractivity contribution in [3.63, 3.8) is 0 Å². The van der Waals surface area contributed by atoms with Gasteiger partial charge in [0.25, 0.3) is 20.0 Å². The molecule has 0 radical (unpaired) electrons. The van der Waals surface area contributed by atoms with Gasteiger partial charge in [0, 0.05) is 85.5 Å². The zero-order valence-electron chi connectivity index (χ0n) is 31.7. The molecule has 2 N–H and O–H groups in total. The van der Waals surface area contributed by atoms with E-state index in [1.807, 2.05) is 14.0 Å². The van der Waals surface area contributed by atoms with Gasteiger partial charge in [0.2, 0.25) is 0 Å². The maximum atomic E-state index is 15.7. The van der Waals surface area contributed by atoms with E-state index in [4.69, 9.17) is 23.2 Å². The number of aromatic nitrogens is 2. The molecule has 58 heavy (non-hydrogen) atoms. The van der Waals surface area contributed by atoms with Crippen LogP contribution in [0.15, 0.2) is 39.7 Å². The molecule has 2 aromatic heterocycles. The molecule has 5 heterocycles. The fourth-order valence-corrected chi connectivity index (χ4v) is 13.2. The lowest BCUT2D eigenvalue weighted by atomic mass is 10.1. The van der Waals surface area contributed by atoms with Crippen LogP contribution in [0.2, 0.25) is 10.0 Å². The molecular weight excluding hydrogens is 884 g/mol. The van der Waals surface area contributed by atoms with Gasteiger partial charge < -0.3 is 14.7 Å². The highest BCUT2D eigenvalue weighted by atomic mass is 35.5. The van der Waals surface area contributed by atoms with Crippen LogP contribution in [0, 0.1) is 29.2 Å². The second-order valence-electron chi connectivity index (χ2n) is 15.0. The highest BCUT2D eigenvalue weighted by molar-refractivity contribution is 7.93. The number of anilines is 4. The van der Waals surface area contributed by atoms with Crippen molar-refractivity contribution < 1.29 is 34.4 Å². The summed E-state index contributed by atoms with van der Waals surface area (Å²) < 4.78 is 119. The molecule has 7 rings (SSSR count). The molecule has 0 spiro atoms. The lowest BCUT2D eigenvalue weighted by Crippen LogP contribution is -2.36. The van der Waals surface area contributed by atoms with Gasteiger partial charge in [0.15, 0.2) is 31.7 Å². The minimum Gasteiger partial charge on any atom is -0.370 e. The number of hydrogen-bond donors (Lipinski definition) is 2. The van der Waals surface area contributed by atoms with E-state index in [1.54, 1.807) is 9.80 Å². The van der Waals surface area contributed by atoms with Gasteiger partial charge in [0.1, 0.15) is 21.7 Å². The topological polar surface area (TPSA) is 131 Å². The van der Waals surface area contributed by atoms with Crippen molar-refractivity contribution in [1.82, 2.24) is 19.8 Å². The summed E-state index contributed by atoms with van der Waals surface area (Å²) in [5.74, 6) is -5.07. The molecular formula is C36H42Cl2F4N8O4S4. The van der Waals surface area contributed by atoms with E-state index in [0.29, 0.717) is 45.6 Å². The highest BCUT2D eigenvalue weighted by Crippen LogP contribution is 2.42. The van der Waals surface area contributed by atoms with Crippen molar-refractivity contribution in [2.45, 2.75) is 67.3 Å². The quantitative estimate of drug-likeness (QED) is 0.0960. The predicted octanol–water partition coefficient (Wildman–Crippen LogP) is 7.69. The van der Waals surface area contributed by atoms with Crippen LogP contribution in [0.1, 0.15) is 50.3 Å². The van der Waals surface area contributed by atoms with Crippen LogP contribution in [0.5, 0.6) is 0 Å². The number of rotatable bonds is 14. The van der Waals surface area contributed by atoms with Crippen molar-refractivity contribution in [3.05, 3.63) is 68.1 Å². The lowest BCUT2D eigenvalue weighted by Gasteiger charge is -2.27. The van der Waals surface area contributed by atoms with Gasteiger partial charge in [-0.1, -0.05) is 30.1 Å². The summed E-state index contributed by atoms with van der Waals surface area (Å²) in [5.41, 5.74) is 0.152. The third-order valence-electron chi connectivity index (χ3n) is 10.9. The van der Waals surface area contributed by atoms with Crippen LogP contribution in [0.25, 0.3) is 0 Å². The van der Waals surface area contributed by atoms with Gasteiger partial charge in [-0.2, -0.15) is 0 Å². The number of likely N-dealkylation sites (tertiary alicyclic amines) is 1. The largest absolute Gasteiger partial charge is 0.370 e. The Balaban J connectivity index is 0.992. The molecule has 22 heteroatoms. The van der Waals surface area contributed by atoms with Crippen molar-refractivity contribution in [1.29, 1.82) is 0 Å². The second-order valence-corrected chi connectivity index (χ2v) is 21.0. The van der Waals surface area contributed by atoms with Crippen molar-refractivity contribution >= 4 is 87.6 Å². The van der Waals surface area contributed by atoms with E-state index in [1.165, 1.54) is 17.8 Å². The number of benzene rings is 2. The summed E-state index contributed by atoms with van der Waals surface area (Å²) in [6.07, 6.45) is 6.04. The molecule has 0 amide bonds. The monoisotopic (exact) mass is 924 g/mol. The van der Waals surface area contributed by atoms with E-state index in [2.05, 4.69) is 36.1 Å². The van der Waals surface area contributed by atoms with Gasteiger partial charge in [-0.15, -0.1) is 22.7 Å². The molecule has 4 aromatic rings. The molecule has 4 atom stereocenters. The first-order chi connectivity index (χ1) is 27.5. The number of thiazole rings is 2. The molecule has 2 aromatic carbocycles. The van der Waals surface area contributed by atoms with E-state index >= 15 is 17.6 Å². The lowest BCUT2D eigenvalue weighted by molar-refractivity contribution is 0.254. The minimum absolute atomic E-state index is 0.0364. The van der Waals surface area contributed by atoms with Gasteiger partial charge in [-0.3, -0.25) is 14.3 Å². The van der Waals surface area contributed by atoms with Gasteiger partial charge >= 0.3 is 0 Å². The summed E-state index contributed by atoms with van der Waals surface area (Å²) in [5, 5.41) is 0.421. The summed E-state index contributed by atoms with van der Waals surface area (Å²) in [6.45, 7) is 8.43. The van der Waals surface area contributed by atoms with Crippen molar-refractivity contribution in [3.8, 4) is 0 Å². The number of nitrogens with zero attached hydrogens (tertiary/aromatic N) is 6. The van der Waals surface area contributed by atoms with Gasteiger partial charge in [-0.25, -0.2) is 44.4 Å². The van der Waals surface area contributed by atoms with Crippen LogP contribution in [0.4, 0.5) is 39.2 Å². The zero-order chi connectivity index (χ0) is 41.7. The fourth-order valence-electron chi connectivity index (χ4n) is 8.26. The van der Waals surface area contributed by atoms with Crippen LogP contribution in [-0.2, 0) is 20.0 Å². The van der Waals surface area contributed by atoms with E-state index < -0.39 is 63.2 Å². The zero-order valence-corrected chi connectivity index (χ0v) is 36.5. The fraction of sp³-hybridized carbons (Fsp3) is 0.500. The number of halogens is 6. The smallest absolute Gasteiger partial charge is 0.269 e. The Bertz CT molecular complexity index is 2380. The third-order valence-corrected chi connectivity index (χ3v) is 16.4. The molecule has 0 aliphatic carbocycles. The summed E-state index contributed by atoms with van der Waals surface area (Å²) in [7, 11) is -7.39. The molecule has 3 aliphatic rings. The highest BCUT2D eigenvalue weighted by Gasteiger charge is 2.40. The van der Waals surface area contributed by atoms with Crippen LogP contribution >= 0.6 is 45.9 Å². The molecule has 12 nitrogen and oxygen atoms in total. The molecule has 316 valence electrons. The first-order valence-electron chi connectivity index (χ1n) is 18.7. The third kappa shape index (κ3) is 8.75. The molecule has 0 saturated carbocycles. The van der Waals surface area contributed by atoms with E-state index in [0.717, 1.165) is 65.6 Å². The maximum Gasteiger partial charge on any atom is 0.269 e. The van der Waals surface area contributed by atoms with Crippen LogP contribution in [-0.4, -0.2) is 102 Å². The molecule has 3 fully saturated rings. The molecule has 3 aliphatic heterocycles. The SMILES string of the molecule is CCCN(C)CC1CCN(c2cc(F)c(S(=O)(=O)Nc3ncc(C4CCN(C5CC(C)N(c6cc(F)c(S(=O)(=O)Nc7nccs7)c(F)c6Cl)C5)C4)s3)c(F)c2Cl)C1. The van der Waals surface area contributed by atoms with Gasteiger partial charge in [-0.05, 0) is 58.7 Å². The van der Waals surface area contributed by atoms with Crippen molar-refractivity contribution in [2.75, 3.05) is 72.1 Å². The van der Waals surface area contributed by atoms with Crippen LogP contribution < -0.4 is 19.2 Å². The predicted molar refractivity (Wildman–Crippen MR) is 221 cm³/mol. The summed E-state index contributed by atoms with van der Waals surface area (Å²) in [6, 6.07) is 1.67. The summed E-state index contributed by atoms with van der Waals surface area (Å²) >= 11 is 14.8. The normalized spacial score (nSPS) is 21.8. The first kappa shape index (κ1) is 43.1. The second kappa shape index (κ2) is 17.2. The summed E-state index contributed by atoms with van der Waals surface area (Å²) in [4.78, 5) is 14.4. The number of hydrogen-bond acceptors (Lipinski definition) is 12. The Labute approximate surface area is 353 Å². The van der Waals surface area contributed by atoms with E-state index in [9.17, 15) is 16.8 Å². The molecule has 3 saturated heterocycles. The standard InChI is InChI=1S/C36H42Cl2F4N8O4S4/c1-4-8-47(3)16-21-5-9-49(17-21)26-13-24(39)33(31(41)29(26)37)58(53,54)46-36-44-15-28(56-36)22-6-10-48(18-22)23-12-20(2)50(19-23)27-14-25(40)34(32(42)30(27)38)57(51,52)45-35-43-7-11-55-35/h7,11,13-15,20-23H,4-6,8-10,12,16-19H2,1-3H3,(H,43,45)(H,44,46). The van der Waals surface area contributed by atoms with Crippen LogP contribution in [0.3, 0.4) is 0 Å². The van der Waals surface area contributed by atoms with Crippen molar-refractivity contribution in [2.24, 2.45) is 5.92 Å². The Morgan fingerprint density at radius 3 is 2.21 bits per heavy atom. The first-order valence-corrected chi connectivity index (χ1v) is 24.1. The van der Waals surface area contributed by atoms with E-state index in [-0.39, 0.29) is 45.6 Å². The number of nitrogens with one attached hydrogen (secondary N) is 2. The Morgan fingerprint density at radius 1 is 0.897 bits per heavy atom. The van der Waals surface area contributed by atoms with Gasteiger partial charge in [0.05, 0.1) is 11.4 Å². The maximum absolute atomic E-state index is 15.7. The Morgan fingerprint density at radius 2 is 1.55 bits per heavy atom. The molecule has 0 bridgehead atoms. The Hall–Kier alpha value is -2.98. The number of sulfonamides is 2. The Kier molecular flexibility index (Phi) is 12.8. The average Bonchev–Trinajstić information content (AvgIpc) is 4.00. The molecule has 4 unspecified atom stereocenters. The minimum atomic E-state index is -4.76. The average molecular weight is 926 g/mol.